The number of nitrogens with one attached hydrogen (secondary N) is 2. The molecule has 4 atom stereocenters. The average Bonchev–Trinajstić information content (AvgIpc) is 2.50. The number of piperidine rings is 1. The number of rotatable bonds is 6. The highest BCUT2D eigenvalue weighted by Crippen LogP contribution is 2.32. The van der Waals surface area contributed by atoms with Gasteiger partial charge in [-0.2, -0.15) is 0 Å². The average molecular weight is 298 g/mol. The van der Waals surface area contributed by atoms with E-state index >= 15 is 0 Å². The number of carbonyl (C=O) groups excluding carboxylic acids is 1. The summed E-state index contributed by atoms with van der Waals surface area (Å²) >= 11 is 0. The van der Waals surface area contributed by atoms with Crippen molar-refractivity contribution in [2.75, 3.05) is 13.7 Å². The summed E-state index contributed by atoms with van der Waals surface area (Å²) in [7, 11) is 1.52. The van der Waals surface area contributed by atoms with Crippen LogP contribution in [0, 0.1) is 5.92 Å². The number of aliphatic carboxylic acids is 1. The first-order chi connectivity index (χ1) is 10.1. The molecule has 1 saturated heterocycles. The fourth-order valence-electron chi connectivity index (χ4n) is 3.47. The summed E-state index contributed by atoms with van der Waals surface area (Å²) in [6.07, 6.45) is 7.02. The van der Waals surface area contributed by atoms with E-state index in [0.29, 0.717) is 18.6 Å². The molecule has 120 valence electrons. The highest BCUT2D eigenvalue weighted by Gasteiger charge is 2.35. The molecule has 0 radical (unpaired) electrons. The van der Waals surface area contributed by atoms with E-state index in [2.05, 4.69) is 10.6 Å². The Hall–Kier alpha value is -1.14. The molecule has 0 aromatic carbocycles. The third-order valence-electron chi connectivity index (χ3n) is 4.69. The molecule has 0 aromatic heterocycles. The van der Waals surface area contributed by atoms with Crippen molar-refractivity contribution in [3.05, 3.63) is 0 Å². The summed E-state index contributed by atoms with van der Waals surface area (Å²) in [6.45, 7) is 0.319. The fraction of sp³-hybridized carbons (Fsp3) is 0.867. The molecule has 1 aliphatic carbocycles. The number of carbonyl (C=O) groups is 2. The molecule has 2 aliphatic rings. The number of hydrogen-bond acceptors (Lipinski definition) is 4. The third kappa shape index (κ3) is 4.41. The lowest BCUT2D eigenvalue weighted by Gasteiger charge is -2.40. The summed E-state index contributed by atoms with van der Waals surface area (Å²) in [5.41, 5.74) is 0. The van der Waals surface area contributed by atoms with Crippen molar-refractivity contribution in [1.82, 2.24) is 10.6 Å². The lowest BCUT2D eigenvalue weighted by Crippen LogP contribution is -2.57. The van der Waals surface area contributed by atoms with Crippen LogP contribution in [-0.2, 0) is 14.3 Å². The van der Waals surface area contributed by atoms with Gasteiger partial charge >= 0.3 is 5.97 Å². The van der Waals surface area contributed by atoms with E-state index in [9.17, 15) is 9.59 Å². The van der Waals surface area contributed by atoms with Crippen LogP contribution in [0.5, 0.6) is 0 Å². The summed E-state index contributed by atoms with van der Waals surface area (Å²) < 4.78 is 4.89. The van der Waals surface area contributed by atoms with E-state index < -0.39 is 12.0 Å². The Labute approximate surface area is 125 Å². The van der Waals surface area contributed by atoms with E-state index in [0.717, 1.165) is 19.3 Å². The fourth-order valence-corrected chi connectivity index (χ4v) is 3.47. The Kier molecular flexibility index (Phi) is 5.99. The van der Waals surface area contributed by atoms with Crippen LogP contribution in [0.2, 0.25) is 0 Å². The van der Waals surface area contributed by atoms with Crippen molar-refractivity contribution in [2.45, 2.75) is 63.1 Å². The number of carboxylic acid groups (broad SMARTS) is 1. The predicted molar refractivity (Wildman–Crippen MR) is 78.0 cm³/mol. The highest BCUT2D eigenvalue weighted by molar-refractivity contribution is 5.87. The Morgan fingerprint density at radius 3 is 2.76 bits per heavy atom. The number of ether oxygens (including phenoxy) is 1. The minimum Gasteiger partial charge on any atom is -0.480 e. The third-order valence-corrected chi connectivity index (χ3v) is 4.69. The van der Waals surface area contributed by atoms with Gasteiger partial charge in [-0.25, -0.2) is 4.79 Å². The van der Waals surface area contributed by atoms with Crippen LogP contribution >= 0.6 is 0 Å². The van der Waals surface area contributed by atoms with E-state index in [-0.39, 0.29) is 18.4 Å². The second-order valence-electron chi connectivity index (χ2n) is 6.13. The zero-order valence-electron chi connectivity index (χ0n) is 12.6. The SMILES string of the molecule is COCCC(NC(=O)C1CCC2CCCCC2N1)C(=O)O. The maximum absolute atomic E-state index is 12.3. The van der Waals surface area contributed by atoms with E-state index in [1.807, 2.05) is 0 Å². The first-order valence-electron chi connectivity index (χ1n) is 7.90. The van der Waals surface area contributed by atoms with Crippen LogP contribution in [0.3, 0.4) is 0 Å². The second-order valence-corrected chi connectivity index (χ2v) is 6.13. The summed E-state index contributed by atoms with van der Waals surface area (Å²) in [6, 6.07) is -0.706. The molecule has 2 fully saturated rings. The van der Waals surface area contributed by atoms with Gasteiger partial charge in [0.15, 0.2) is 0 Å². The standard InChI is InChI=1S/C15H26N2O4/c1-21-9-8-13(15(19)20)17-14(18)12-7-6-10-4-2-3-5-11(10)16-12/h10-13,16H,2-9H2,1H3,(H,17,18)(H,19,20). The maximum atomic E-state index is 12.3. The number of methoxy groups -OCH3 is 1. The van der Waals surface area contributed by atoms with Gasteiger partial charge in [0.2, 0.25) is 5.91 Å². The van der Waals surface area contributed by atoms with Crippen molar-refractivity contribution < 1.29 is 19.4 Å². The smallest absolute Gasteiger partial charge is 0.326 e. The normalized spacial score (nSPS) is 30.2. The molecule has 4 unspecified atom stereocenters. The molecule has 0 bridgehead atoms. The number of carboxylic acids is 1. The topological polar surface area (TPSA) is 87.7 Å². The first kappa shape index (κ1) is 16.2. The minimum absolute atomic E-state index is 0.192. The van der Waals surface area contributed by atoms with Crippen LogP contribution in [0.4, 0.5) is 0 Å². The molecule has 1 heterocycles. The quantitative estimate of drug-likeness (QED) is 0.678. The lowest BCUT2D eigenvalue weighted by atomic mass is 9.77. The second kappa shape index (κ2) is 7.75. The Morgan fingerprint density at radius 1 is 1.29 bits per heavy atom. The van der Waals surface area contributed by atoms with Gasteiger partial charge in [0.05, 0.1) is 6.04 Å². The van der Waals surface area contributed by atoms with E-state index in [4.69, 9.17) is 9.84 Å². The molecular weight excluding hydrogens is 272 g/mol. The summed E-state index contributed by atoms with van der Waals surface area (Å²) in [5, 5.41) is 15.2. The van der Waals surface area contributed by atoms with E-state index in [1.54, 1.807) is 0 Å². The number of amides is 1. The zero-order valence-corrected chi connectivity index (χ0v) is 12.6. The molecule has 1 amide bonds. The molecule has 0 spiro atoms. The molecule has 6 nitrogen and oxygen atoms in total. The number of hydrogen-bond donors (Lipinski definition) is 3. The van der Waals surface area contributed by atoms with Gasteiger partial charge in [0.25, 0.3) is 0 Å². The molecule has 21 heavy (non-hydrogen) atoms. The molecule has 3 N–H and O–H groups in total. The Bertz CT molecular complexity index is 375. The minimum atomic E-state index is -1.01. The van der Waals surface area contributed by atoms with Gasteiger partial charge in [-0.05, 0) is 31.6 Å². The van der Waals surface area contributed by atoms with Crippen molar-refractivity contribution in [3.63, 3.8) is 0 Å². The summed E-state index contributed by atoms with van der Waals surface area (Å²) in [5.74, 6) is -0.513. The van der Waals surface area contributed by atoms with Crippen LogP contribution in [0.15, 0.2) is 0 Å². The van der Waals surface area contributed by atoms with E-state index in [1.165, 1.54) is 26.4 Å². The van der Waals surface area contributed by atoms with Crippen LogP contribution in [0.1, 0.15) is 44.9 Å². The van der Waals surface area contributed by atoms with Gasteiger partial charge in [-0.3, -0.25) is 4.79 Å². The van der Waals surface area contributed by atoms with Crippen LogP contribution in [-0.4, -0.2) is 48.8 Å². The molecular formula is C15H26N2O4. The van der Waals surface area contributed by atoms with Gasteiger partial charge in [-0.15, -0.1) is 0 Å². The molecule has 0 aromatic rings. The monoisotopic (exact) mass is 298 g/mol. The molecule has 2 rings (SSSR count). The molecule has 6 heteroatoms. The highest BCUT2D eigenvalue weighted by atomic mass is 16.5. The van der Waals surface area contributed by atoms with Crippen molar-refractivity contribution in [1.29, 1.82) is 0 Å². The van der Waals surface area contributed by atoms with Crippen LogP contribution in [0.25, 0.3) is 0 Å². The van der Waals surface area contributed by atoms with Crippen LogP contribution < -0.4 is 10.6 Å². The maximum Gasteiger partial charge on any atom is 0.326 e. The molecule has 1 saturated carbocycles. The summed E-state index contributed by atoms with van der Waals surface area (Å²) in [4.78, 5) is 23.4. The Balaban J connectivity index is 1.85. The van der Waals surface area contributed by atoms with Gasteiger partial charge in [0.1, 0.15) is 6.04 Å². The zero-order chi connectivity index (χ0) is 15.2. The van der Waals surface area contributed by atoms with Gasteiger partial charge < -0.3 is 20.5 Å². The van der Waals surface area contributed by atoms with Crippen molar-refractivity contribution >= 4 is 11.9 Å². The van der Waals surface area contributed by atoms with Gasteiger partial charge in [-0.1, -0.05) is 12.8 Å². The van der Waals surface area contributed by atoms with Crippen molar-refractivity contribution in [3.8, 4) is 0 Å². The number of fused-ring (bicyclic) bond motifs is 1. The lowest BCUT2D eigenvalue weighted by molar-refractivity contribution is -0.142. The Morgan fingerprint density at radius 2 is 2.05 bits per heavy atom. The van der Waals surface area contributed by atoms with Crippen molar-refractivity contribution in [2.24, 2.45) is 5.92 Å². The first-order valence-corrected chi connectivity index (χ1v) is 7.90. The predicted octanol–water partition coefficient (Wildman–Crippen LogP) is 0.903. The molecule has 1 aliphatic heterocycles. The van der Waals surface area contributed by atoms with Gasteiger partial charge in [0, 0.05) is 26.2 Å². The largest absolute Gasteiger partial charge is 0.480 e.